The van der Waals surface area contributed by atoms with Crippen molar-refractivity contribution >= 4 is 58.1 Å². The second kappa shape index (κ2) is 14.1. The fourth-order valence-electron chi connectivity index (χ4n) is 2.54. The number of amides is 2. The number of anilines is 2. The molecular formula is C23H26ClN3O6S. The summed E-state index contributed by atoms with van der Waals surface area (Å²) < 4.78 is 15.3. The molecule has 2 amide bonds. The number of thiocarbonyl (C=S) groups is 1. The van der Waals surface area contributed by atoms with Crippen LogP contribution in [0.4, 0.5) is 11.4 Å². The first-order valence-corrected chi connectivity index (χ1v) is 11.1. The van der Waals surface area contributed by atoms with Crippen LogP contribution in [-0.2, 0) is 23.9 Å². The molecule has 182 valence electrons. The van der Waals surface area contributed by atoms with Crippen LogP contribution < -0.4 is 20.7 Å². The number of benzene rings is 2. The van der Waals surface area contributed by atoms with Crippen LogP contribution >= 0.6 is 23.8 Å². The minimum Gasteiger partial charge on any atom is -0.479 e. The number of rotatable bonds is 11. The smallest absolute Gasteiger partial charge is 0.306 e. The molecule has 2 aromatic carbocycles. The lowest BCUT2D eigenvalue weighted by Gasteiger charge is -2.16. The van der Waals surface area contributed by atoms with Crippen LogP contribution in [0.3, 0.4) is 0 Å². The van der Waals surface area contributed by atoms with Gasteiger partial charge in [0.1, 0.15) is 12.4 Å². The Balaban J connectivity index is 1.75. The summed E-state index contributed by atoms with van der Waals surface area (Å²) in [6, 6.07) is 13.6. The molecule has 3 N–H and O–H groups in total. The van der Waals surface area contributed by atoms with E-state index in [1.165, 1.54) is 7.11 Å². The molecule has 0 saturated heterocycles. The first-order valence-electron chi connectivity index (χ1n) is 10.4. The minimum atomic E-state index is -0.766. The van der Waals surface area contributed by atoms with E-state index < -0.39 is 18.0 Å². The third-order valence-electron chi connectivity index (χ3n) is 4.28. The lowest BCUT2D eigenvalue weighted by Crippen LogP contribution is -2.34. The van der Waals surface area contributed by atoms with E-state index in [0.717, 1.165) is 0 Å². The summed E-state index contributed by atoms with van der Waals surface area (Å²) in [4.78, 5) is 35.8. The molecule has 34 heavy (non-hydrogen) atoms. The normalized spacial score (nSPS) is 11.1. The molecule has 11 heteroatoms. The van der Waals surface area contributed by atoms with E-state index in [2.05, 4.69) is 16.0 Å². The van der Waals surface area contributed by atoms with Crippen molar-refractivity contribution in [3.63, 3.8) is 0 Å². The predicted octanol–water partition coefficient (Wildman–Crippen LogP) is 3.53. The molecule has 0 bridgehead atoms. The molecule has 0 aliphatic carbocycles. The Morgan fingerprint density at radius 1 is 0.971 bits per heavy atom. The first kappa shape index (κ1) is 27.0. The zero-order valence-electron chi connectivity index (χ0n) is 18.8. The Kier molecular flexibility index (Phi) is 11.2. The number of ether oxygens (including phenoxy) is 3. The zero-order chi connectivity index (χ0) is 24.9. The van der Waals surface area contributed by atoms with Crippen molar-refractivity contribution in [2.24, 2.45) is 0 Å². The molecule has 1 unspecified atom stereocenters. The molecule has 0 fully saturated rings. The van der Waals surface area contributed by atoms with Gasteiger partial charge in [0.2, 0.25) is 5.91 Å². The predicted molar refractivity (Wildman–Crippen MR) is 133 cm³/mol. The summed E-state index contributed by atoms with van der Waals surface area (Å²) in [5.74, 6) is -0.832. The maximum Gasteiger partial charge on any atom is 0.306 e. The van der Waals surface area contributed by atoms with Gasteiger partial charge in [0.15, 0.2) is 11.2 Å². The Morgan fingerprint density at radius 3 is 2.26 bits per heavy atom. The van der Waals surface area contributed by atoms with E-state index in [9.17, 15) is 14.4 Å². The molecule has 0 heterocycles. The van der Waals surface area contributed by atoms with E-state index in [-0.39, 0.29) is 30.5 Å². The second-order valence-electron chi connectivity index (χ2n) is 6.97. The molecule has 0 aromatic heterocycles. The lowest BCUT2D eigenvalue weighted by atomic mass is 10.2. The summed E-state index contributed by atoms with van der Waals surface area (Å²) in [7, 11) is 1.50. The summed E-state index contributed by atoms with van der Waals surface area (Å²) in [5.41, 5.74) is 1.15. The van der Waals surface area contributed by atoms with Crippen molar-refractivity contribution in [2.45, 2.75) is 25.9 Å². The van der Waals surface area contributed by atoms with Gasteiger partial charge in [0, 0.05) is 24.9 Å². The van der Waals surface area contributed by atoms with Gasteiger partial charge in [0.25, 0.3) is 5.91 Å². The Morgan fingerprint density at radius 2 is 1.62 bits per heavy atom. The summed E-state index contributed by atoms with van der Waals surface area (Å²) >= 11 is 11.2. The van der Waals surface area contributed by atoms with Crippen LogP contribution in [0.5, 0.6) is 5.75 Å². The van der Waals surface area contributed by atoms with Crippen LogP contribution in [0.15, 0.2) is 48.5 Å². The van der Waals surface area contributed by atoms with Gasteiger partial charge in [-0.1, -0.05) is 23.7 Å². The van der Waals surface area contributed by atoms with Gasteiger partial charge in [-0.3, -0.25) is 14.4 Å². The summed E-state index contributed by atoms with van der Waals surface area (Å²) in [6.07, 6.45) is -0.893. The number of hydrogen-bond acceptors (Lipinski definition) is 7. The number of carbonyl (C=O) groups excluding carboxylic acids is 3. The van der Waals surface area contributed by atoms with Crippen LogP contribution in [0.1, 0.15) is 19.8 Å². The number of nitrogens with one attached hydrogen (secondary N) is 3. The van der Waals surface area contributed by atoms with Crippen molar-refractivity contribution in [1.82, 2.24) is 5.32 Å². The highest BCUT2D eigenvalue weighted by atomic mass is 35.5. The first-order chi connectivity index (χ1) is 16.3. The highest BCUT2D eigenvalue weighted by Gasteiger charge is 2.16. The average Bonchev–Trinajstić information content (AvgIpc) is 2.80. The van der Waals surface area contributed by atoms with Crippen molar-refractivity contribution in [3.8, 4) is 5.75 Å². The molecule has 0 aliphatic heterocycles. The second-order valence-corrected chi connectivity index (χ2v) is 7.79. The maximum atomic E-state index is 12.4. The summed E-state index contributed by atoms with van der Waals surface area (Å²) in [5, 5.41) is 8.60. The summed E-state index contributed by atoms with van der Waals surface area (Å²) in [6.45, 7) is 2.06. The Labute approximate surface area is 208 Å². The SMILES string of the molecule is COCCOC(=O)CCC(=O)NC(=S)Nc1ccc(NC(=O)C(C)Oc2ccccc2Cl)cc1. The Bertz CT molecular complexity index is 1000. The Hall–Kier alpha value is -3.21. The molecule has 0 spiro atoms. The van der Waals surface area contributed by atoms with Gasteiger partial charge in [-0.05, 0) is 55.5 Å². The lowest BCUT2D eigenvalue weighted by molar-refractivity contribution is -0.146. The van der Waals surface area contributed by atoms with Crippen LogP contribution in [0.2, 0.25) is 5.02 Å². The largest absolute Gasteiger partial charge is 0.479 e. The van der Waals surface area contributed by atoms with Gasteiger partial charge in [-0.25, -0.2) is 0 Å². The van der Waals surface area contributed by atoms with Crippen molar-refractivity contribution < 1.29 is 28.6 Å². The van der Waals surface area contributed by atoms with Crippen LogP contribution in [-0.4, -0.2) is 49.3 Å². The molecule has 2 rings (SSSR count). The number of para-hydroxylation sites is 1. The molecule has 0 saturated carbocycles. The van der Waals surface area contributed by atoms with Crippen molar-refractivity contribution in [1.29, 1.82) is 0 Å². The molecular weight excluding hydrogens is 482 g/mol. The third-order valence-corrected chi connectivity index (χ3v) is 4.80. The fraction of sp³-hybridized carbons (Fsp3) is 0.304. The number of esters is 1. The quantitative estimate of drug-likeness (QED) is 0.240. The van der Waals surface area contributed by atoms with Crippen LogP contribution in [0, 0.1) is 0 Å². The van der Waals surface area contributed by atoms with Crippen molar-refractivity contribution in [3.05, 3.63) is 53.6 Å². The minimum absolute atomic E-state index is 0.0624. The highest BCUT2D eigenvalue weighted by molar-refractivity contribution is 7.80. The van der Waals surface area contributed by atoms with Gasteiger partial charge >= 0.3 is 5.97 Å². The van der Waals surface area contributed by atoms with E-state index in [1.807, 2.05) is 0 Å². The van der Waals surface area contributed by atoms with E-state index in [1.54, 1.807) is 55.5 Å². The fourth-order valence-corrected chi connectivity index (χ4v) is 2.96. The monoisotopic (exact) mass is 507 g/mol. The zero-order valence-corrected chi connectivity index (χ0v) is 20.3. The molecule has 9 nitrogen and oxygen atoms in total. The number of methoxy groups -OCH3 is 1. The molecule has 0 radical (unpaired) electrons. The van der Waals surface area contributed by atoms with Gasteiger partial charge in [-0.2, -0.15) is 0 Å². The molecule has 2 aromatic rings. The molecule has 0 aliphatic rings. The number of hydrogen-bond donors (Lipinski definition) is 3. The number of carbonyl (C=O) groups is 3. The molecule has 1 atom stereocenters. The van der Waals surface area contributed by atoms with Gasteiger partial charge in [0.05, 0.1) is 18.1 Å². The van der Waals surface area contributed by atoms with Crippen molar-refractivity contribution in [2.75, 3.05) is 31.0 Å². The van der Waals surface area contributed by atoms with Crippen LogP contribution in [0.25, 0.3) is 0 Å². The van der Waals surface area contributed by atoms with Gasteiger partial charge in [-0.15, -0.1) is 0 Å². The van der Waals surface area contributed by atoms with E-state index in [0.29, 0.717) is 28.8 Å². The highest BCUT2D eigenvalue weighted by Crippen LogP contribution is 2.24. The number of halogens is 1. The van der Waals surface area contributed by atoms with E-state index >= 15 is 0 Å². The standard InChI is InChI=1S/C23H26ClN3O6S/c1-15(33-19-6-4-3-5-18(19)24)22(30)25-16-7-9-17(10-8-16)26-23(34)27-20(28)11-12-21(29)32-14-13-31-2/h3-10,15H,11-14H2,1-2H3,(H,25,30)(H2,26,27,28,34). The third kappa shape index (κ3) is 9.74. The van der Waals surface area contributed by atoms with E-state index in [4.69, 9.17) is 38.0 Å². The average molecular weight is 508 g/mol. The van der Waals surface area contributed by atoms with Gasteiger partial charge < -0.3 is 30.2 Å². The topological polar surface area (TPSA) is 115 Å². The maximum absolute atomic E-state index is 12.4.